The molecule has 12 aliphatic carbocycles. The first-order valence-electron chi connectivity index (χ1n) is 42.9. The van der Waals surface area contributed by atoms with E-state index in [-0.39, 0.29) is 303 Å². The van der Waals surface area contributed by atoms with Crippen molar-refractivity contribution >= 4 is 71.6 Å². The number of hydrogen-bond acceptors (Lipinski definition) is 24. The summed E-state index contributed by atoms with van der Waals surface area (Å²) >= 11 is 0. The van der Waals surface area contributed by atoms with Gasteiger partial charge in [-0.2, -0.15) is 0 Å². The molecule has 32 unspecified atom stereocenters. The Morgan fingerprint density at radius 3 is 1.27 bits per heavy atom. The van der Waals surface area contributed by atoms with Crippen LogP contribution in [0.1, 0.15) is 337 Å². The van der Waals surface area contributed by atoms with Crippen molar-refractivity contribution in [2.24, 2.45) is 157 Å². The summed E-state index contributed by atoms with van der Waals surface area (Å²) in [7, 11) is 0. The van der Waals surface area contributed by atoms with Gasteiger partial charge in [-0.1, -0.05) is 165 Å². The molecule has 24 nitrogen and oxygen atoms in total. The molecule has 0 aromatic rings. The van der Waals surface area contributed by atoms with Gasteiger partial charge in [-0.25, -0.2) is 0 Å². The summed E-state index contributed by atoms with van der Waals surface area (Å²) in [6.07, 6.45) is 13.0. The monoisotopic (exact) mass is 1760 g/mol. The van der Waals surface area contributed by atoms with Gasteiger partial charge < -0.3 is 56.8 Å². The van der Waals surface area contributed by atoms with Crippen LogP contribution in [0.4, 0.5) is 0 Å². The lowest BCUT2D eigenvalue weighted by atomic mass is 9.79. The molecule has 24 heteroatoms. The van der Waals surface area contributed by atoms with Crippen LogP contribution in [-0.2, 0) is 114 Å². The summed E-state index contributed by atoms with van der Waals surface area (Å²) in [6, 6.07) is 0. The van der Waals surface area contributed by atoms with Crippen LogP contribution in [0.2, 0.25) is 0 Å². The van der Waals surface area contributed by atoms with Crippen molar-refractivity contribution in [1.29, 1.82) is 0 Å². The number of carbonyl (C=O) groups is 12. The van der Waals surface area contributed by atoms with Gasteiger partial charge in [-0.3, -0.25) is 57.5 Å². The number of rotatable bonds is 18. The van der Waals surface area contributed by atoms with Gasteiger partial charge in [0.15, 0.2) is 0 Å². The second-order valence-electron chi connectivity index (χ2n) is 40.7. The van der Waals surface area contributed by atoms with E-state index in [0.29, 0.717) is 60.6 Å². The van der Waals surface area contributed by atoms with Crippen LogP contribution in [0.3, 0.4) is 0 Å². The number of fused-ring (bicyclic) bond motifs is 14. The molecule has 6 heterocycles. The van der Waals surface area contributed by atoms with Gasteiger partial charge in [0, 0.05) is 70.5 Å². The average molecular weight is 1760 g/mol. The van der Waals surface area contributed by atoms with Crippen molar-refractivity contribution in [1.82, 2.24) is 0 Å². The van der Waals surface area contributed by atoms with E-state index in [1.807, 2.05) is 118 Å². The minimum atomic E-state index is -0.579. The van der Waals surface area contributed by atoms with Crippen molar-refractivity contribution < 1.29 is 114 Å². The Morgan fingerprint density at radius 2 is 0.782 bits per heavy atom. The number of cyclic esters (lactones) is 2. The van der Waals surface area contributed by atoms with E-state index < -0.39 is 27.3 Å². The van der Waals surface area contributed by atoms with Crippen molar-refractivity contribution in [3.63, 3.8) is 0 Å². The van der Waals surface area contributed by atoms with Gasteiger partial charge in [-0.05, 0) is 189 Å². The molecule has 0 spiro atoms. The largest absolute Gasteiger partial charge is 0.465 e. The Morgan fingerprint density at radius 1 is 0.371 bits per heavy atom. The molecule has 0 aromatic carbocycles. The maximum atomic E-state index is 12.3. The SMILES string of the molecule is C.C.C.C.C.C.C.C.C.C.C.C.CCC(C)(C)C(=O)OC1C2CC3C(=O)OC1(C)C3C2.CCC(C)(C)C(=O)OC1C2OC(=O)C3CC1(C)CC32.CCC(C)(C)C(=O)OC1C2OC(=O)C3CC1C(C)(C)C32.CCC(C)(C)C(=O)OC1CC2CC1C1COC(=O)C21.CCC(C)C(=O)OC1C2CC3C(=O)OC1C3C2.CCC(C)C(=O)OC1CC2CC1C1COC(=O)C21. The fourth-order valence-electron chi connectivity index (χ4n) is 23.4. The third-order valence-corrected chi connectivity index (χ3v) is 32.5. The summed E-state index contributed by atoms with van der Waals surface area (Å²) in [5.41, 5.74) is -2.48. The summed E-state index contributed by atoms with van der Waals surface area (Å²) in [4.78, 5) is 143. The van der Waals surface area contributed by atoms with Gasteiger partial charge in [0.2, 0.25) is 0 Å². The predicted molar refractivity (Wildman–Crippen MR) is 480 cm³/mol. The van der Waals surface area contributed by atoms with Gasteiger partial charge in [0.25, 0.3) is 0 Å². The first kappa shape index (κ1) is 116. The van der Waals surface area contributed by atoms with E-state index in [1.165, 1.54) is 0 Å². The maximum Gasteiger partial charge on any atom is 0.311 e. The summed E-state index contributed by atoms with van der Waals surface area (Å²) in [6.45, 7) is 40.4. The Labute approximate surface area is 749 Å². The zero-order chi connectivity index (χ0) is 81.7. The van der Waals surface area contributed by atoms with Gasteiger partial charge in [0.1, 0.15) is 60.5 Å². The Balaban J connectivity index is 0.000000730. The molecule has 6 saturated heterocycles. The van der Waals surface area contributed by atoms with E-state index >= 15 is 0 Å². The standard InChI is InChI=1S/C16H24O4.3C15H22O4.C14H20O4.C13H18O4.12CH4/c1-6-15(2,3)14(18)20-11-9-7-8-10(16(9,4)5)12(11)19-13(8)17;1-5-14(2,3)13(17)19-11-10-8-6-15(11,4)7-9(8)12(16)18-10;1-5-14(2,3)13(17)18-11-8-6-9-10(7-8)15(11,4)19-12(9)16;1-4-15(2,3)14(17)19-11-6-8-5-9(11)10-7-18-13(16)12(8)10;1-3-7(2)13(15)18-11-5-8-4-9(11)10-6-17-14(16)12(8)10;1-3-6(2)12(14)16-10-7-4-8-9(5-7)13(15)17-11(8)10;;;;;;;;;;;;/h8-12H,6-7H2,1-5H3;2*8-11H,5-7H2,1-4H3;8-12H,4-7H2,1-3H3;7-12H,3-6H2,1-2H3;6-11H,3-5H2,1-2H3;12*1H4. The molecule has 18 aliphatic rings. The number of carbonyl (C=O) groups excluding carboxylic acids is 12. The van der Waals surface area contributed by atoms with Crippen molar-refractivity contribution in [3.8, 4) is 0 Å². The van der Waals surface area contributed by atoms with Crippen molar-refractivity contribution in [2.45, 2.75) is 397 Å². The molecule has 18 fully saturated rings. The highest BCUT2D eigenvalue weighted by atomic mass is 16.6. The molecule has 32 atom stereocenters. The van der Waals surface area contributed by atoms with Gasteiger partial charge in [-0.15, -0.1) is 0 Å². The van der Waals surface area contributed by atoms with Gasteiger partial charge >= 0.3 is 71.6 Å². The van der Waals surface area contributed by atoms with Crippen LogP contribution in [0.5, 0.6) is 0 Å². The maximum absolute atomic E-state index is 12.3. The van der Waals surface area contributed by atoms with Crippen LogP contribution in [0.25, 0.3) is 0 Å². The van der Waals surface area contributed by atoms with Crippen LogP contribution in [-0.4, -0.2) is 145 Å². The molecular formula is C100H176O24. The van der Waals surface area contributed by atoms with E-state index in [0.717, 1.165) is 109 Å². The molecule has 720 valence electrons. The normalized spacial score (nSPS) is 38.2. The van der Waals surface area contributed by atoms with Crippen molar-refractivity contribution in [3.05, 3.63) is 0 Å². The van der Waals surface area contributed by atoms with Crippen LogP contribution in [0, 0.1) is 157 Å². The lowest BCUT2D eigenvalue weighted by Crippen LogP contribution is -2.47. The number of hydrogen-bond donors (Lipinski definition) is 0. The average Bonchev–Trinajstić information content (AvgIpc) is 1.57. The summed E-state index contributed by atoms with van der Waals surface area (Å²) < 4.78 is 66.5. The molecule has 0 N–H and O–H groups in total. The predicted octanol–water partition coefficient (Wildman–Crippen LogP) is 20.3. The van der Waals surface area contributed by atoms with E-state index in [2.05, 4.69) is 20.8 Å². The van der Waals surface area contributed by atoms with Crippen LogP contribution in [0.15, 0.2) is 0 Å². The van der Waals surface area contributed by atoms with Crippen LogP contribution < -0.4 is 0 Å². The fraction of sp³-hybridized carbons (Fsp3) is 0.880. The second-order valence-corrected chi connectivity index (χ2v) is 40.7. The minimum absolute atomic E-state index is 0. The number of esters is 12. The summed E-state index contributed by atoms with van der Waals surface area (Å²) in [5.74, 6) is 2.92. The number of ether oxygens (including phenoxy) is 12. The first-order chi connectivity index (χ1) is 52.4. The first-order valence-corrected chi connectivity index (χ1v) is 42.9. The smallest absolute Gasteiger partial charge is 0.311 e. The Hall–Kier alpha value is -6.36. The highest BCUT2D eigenvalue weighted by molar-refractivity contribution is 5.83. The van der Waals surface area contributed by atoms with Crippen molar-refractivity contribution in [2.75, 3.05) is 13.2 Å². The molecule has 124 heavy (non-hydrogen) atoms. The Bertz CT molecular complexity index is 3690. The quantitative estimate of drug-likeness (QED) is 0.0909. The molecule has 18 rings (SSSR count). The van der Waals surface area contributed by atoms with E-state index in [4.69, 9.17) is 56.8 Å². The molecule has 0 aromatic heterocycles. The zero-order valence-corrected chi connectivity index (χ0v) is 70.1. The van der Waals surface area contributed by atoms with E-state index in [1.54, 1.807) is 0 Å². The van der Waals surface area contributed by atoms with E-state index in [9.17, 15) is 57.5 Å². The molecular weight excluding hydrogens is 1590 g/mol. The van der Waals surface area contributed by atoms with Crippen LogP contribution >= 0.6 is 0 Å². The molecule has 6 aliphatic heterocycles. The third-order valence-electron chi connectivity index (χ3n) is 32.5. The fourth-order valence-corrected chi connectivity index (χ4v) is 23.4. The second kappa shape index (κ2) is 42.0. The molecule has 0 amide bonds. The van der Waals surface area contributed by atoms with Gasteiger partial charge in [0.05, 0.1) is 82.2 Å². The highest BCUT2D eigenvalue weighted by Gasteiger charge is 2.74. The molecule has 0 radical (unpaired) electrons. The zero-order valence-electron chi connectivity index (χ0n) is 70.1. The lowest BCUT2D eigenvalue weighted by Gasteiger charge is -2.36. The summed E-state index contributed by atoms with van der Waals surface area (Å²) in [5, 5.41) is 0. The molecule has 12 saturated carbocycles. The Kier molecular flexibility index (Phi) is 39.2. The lowest BCUT2D eigenvalue weighted by molar-refractivity contribution is -0.181. The minimum Gasteiger partial charge on any atom is -0.465 e. The molecule has 12 bridgehead atoms. The topological polar surface area (TPSA) is 316 Å². The third kappa shape index (κ3) is 19.9. The highest BCUT2D eigenvalue weighted by Crippen LogP contribution is 2.67.